The zero-order valence-corrected chi connectivity index (χ0v) is 15.9. The number of carbonyl (C=O) groups excluding carboxylic acids is 2. The molecule has 0 spiro atoms. The molecule has 0 aromatic rings. The molecule has 6 heteroatoms. The van der Waals surface area contributed by atoms with E-state index in [0.717, 1.165) is 24.9 Å². The second-order valence-corrected chi connectivity index (χ2v) is 8.75. The molecule has 5 nitrogen and oxygen atoms in total. The summed E-state index contributed by atoms with van der Waals surface area (Å²) in [7, 11) is 0. The van der Waals surface area contributed by atoms with Crippen LogP contribution in [0.3, 0.4) is 0 Å². The fourth-order valence-electron chi connectivity index (χ4n) is 4.97. The highest BCUT2D eigenvalue weighted by molar-refractivity contribution is 6.07. The van der Waals surface area contributed by atoms with E-state index in [4.69, 9.17) is 5.73 Å². The highest BCUT2D eigenvalue weighted by Crippen LogP contribution is 2.47. The largest absolute Gasteiger partial charge is 0.369 e. The molecule has 2 atom stereocenters. The lowest BCUT2D eigenvalue weighted by molar-refractivity contribution is -0.136. The molecule has 0 unspecified atom stereocenters. The molecule has 4 fully saturated rings. The maximum absolute atomic E-state index is 12.6. The minimum absolute atomic E-state index is 0. The molecule has 0 aromatic heterocycles. The molecule has 3 saturated carbocycles. The third-order valence-corrected chi connectivity index (χ3v) is 6.88. The van der Waals surface area contributed by atoms with Crippen LogP contribution in [0.4, 0.5) is 0 Å². The number of nitrogens with one attached hydrogen (secondary N) is 1. The molecule has 25 heavy (non-hydrogen) atoms. The molecule has 3 aliphatic carbocycles. The van der Waals surface area contributed by atoms with Crippen LogP contribution in [0.25, 0.3) is 0 Å². The van der Waals surface area contributed by atoms with E-state index in [1.165, 1.54) is 51.5 Å². The van der Waals surface area contributed by atoms with Gasteiger partial charge < -0.3 is 16.0 Å². The summed E-state index contributed by atoms with van der Waals surface area (Å²) < 4.78 is 0. The molecular weight excluding hydrogens is 338 g/mol. The number of hydrogen-bond acceptors (Lipinski definition) is 3. The molecule has 3 N–H and O–H groups in total. The molecule has 4 aliphatic rings. The lowest BCUT2D eigenvalue weighted by Crippen LogP contribution is -2.48. The number of hydrogen-bond donors (Lipinski definition) is 2. The van der Waals surface area contributed by atoms with Gasteiger partial charge in [-0.05, 0) is 56.3 Å². The minimum Gasteiger partial charge on any atom is -0.369 e. The van der Waals surface area contributed by atoms with Gasteiger partial charge in [0.1, 0.15) is 5.41 Å². The first-order valence-electron chi connectivity index (χ1n) is 9.92. The van der Waals surface area contributed by atoms with Gasteiger partial charge in [-0.2, -0.15) is 0 Å². The van der Waals surface area contributed by atoms with Crippen molar-refractivity contribution in [2.75, 3.05) is 19.6 Å². The standard InChI is InChI=1S/C19H31N3O2.ClH/c20-17(23)19(8-9-19)18(24)21-16-12-22(11-15(16)14-6-7-14)10-13-4-2-1-3-5-13;/h13-16H,1-12H2,(H2,20,23)(H,21,24);1H/t15-,16+;/m1./s1. The van der Waals surface area contributed by atoms with Crippen LogP contribution in [0.2, 0.25) is 0 Å². The molecule has 0 aromatic carbocycles. The van der Waals surface area contributed by atoms with Gasteiger partial charge in [0.25, 0.3) is 0 Å². The van der Waals surface area contributed by atoms with Gasteiger partial charge in [0.2, 0.25) is 11.8 Å². The van der Waals surface area contributed by atoms with Crippen LogP contribution < -0.4 is 11.1 Å². The Morgan fingerprint density at radius 2 is 1.72 bits per heavy atom. The molecule has 142 valence electrons. The van der Waals surface area contributed by atoms with Crippen molar-refractivity contribution in [2.45, 2.75) is 63.8 Å². The van der Waals surface area contributed by atoms with Crippen LogP contribution in [0.5, 0.6) is 0 Å². The zero-order valence-electron chi connectivity index (χ0n) is 15.0. The van der Waals surface area contributed by atoms with Crippen molar-refractivity contribution in [3.63, 3.8) is 0 Å². The molecule has 2 amide bonds. The van der Waals surface area contributed by atoms with Crippen LogP contribution in [0.1, 0.15) is 57.8 Å². The van der Waals surface area contributed by atoms with Gasteiger partial charge >= 0.3 is 0 Å². The fourth-order valence-corrected chi connectivity index (χ4v) is 4.97. The molecule has 4 rings (SSSR count). The average molecular weight is 370 g/mol. The maximum Gasteiger partial charge on any atom is 0.235 e. The van der Waals surface area contributed by atoms with Crippen LogP contribution in [0.15, 0.2) is 0 Å². The van der Waals surface area contributed by atoms with Crippen LogP contribution in [0, 0.1) is 23.2 Å². The molecule has 0 bridgehead atoms. The van der Waals surface area contributed by atoms with Crippen LogP contribution in [-0.2, 0) is 9.59 Å². The van der Waals surface area contributed by atoms with E-state index in [0.29, 0.717) is 18.8 Å². The smallest absolute Gasteiger partial charge is 0.235 e. The minimum atomic E-state index is -0.884. The molecular formula is C19H32ClN3O2. The summed E-state index contributed by atoms with van der Waals surface area (Å²) in [6.45, 7) is 3.27. The Morgan fingerprint density at radius 1 is 1.04 bits per heavy atom. The summed E-state index contributed by atoms with van der Waals surface area (Å²) in [5.74, 6) is 1.63. The Hall–Kier alpha value is -0.810. The van der Waals surface area contributed by atoms with Crippen LogP contribution >= 0.6 is 12.4 Å². The van der Waals surface area contributed by atoms with E-state index in [1.54, 1.807) is 0 Å². The predicted molar refractivity (Wildman–Crippen MR) is 99.3 cm³/mol. The SMILES string of the molecule is Cl.NC(=O)C1(C(=O)N[C@H]2CN(CC3CCCCC3)C[C@@H]2C2CC2)CC1. The third-order valence-electron chi connectivity index (χ3n) is 6.88. The van der Waals surface area contributed by atoms with Crippen LogP contribution in [-0.4, -0.2) is 42.4 Å². The zero-order chi connectivity index (χ0) is 16.7. The number of carbonyl (C=O) groups is 2. The van der Waals surface area contributed by atoms with E-state index < -0.39 is 11.3 Å². The van der Waals surface area contributed by atoms with Crippen molar-refractivity contribution < 1.29 is 9.59 Å². The summed E-state index contributed by atoms with van der Waals surface area (Å²) in [6, 6.07) is 0.213. The number of likely N-dealkylation sites (tertiary alicyclic amines) is 1. The predicted octanol–water partition coefficient (Wildman–Crippen LogP) is 2.08. The molecule has 1 aliphatic heterocycles. The third kappa shape index (κ3) is 3.97. The van der Waals surface area contributed by atoms with E-state index in [1.807, 2.05) is 0 Å². The number of nitrogens with zero attached hydrogens (tertiary/aromatic N) is 1. The van der Waals surface area contributed by atoms with E-state index in [-0.39, 0.29) is 24.4 Å². The Bertz CT molecular complexity index is 513. The Morgan fingerprint density at radius 3 is 2.28 bits per heavy atom. The van der Waals surface area contributed by atoms with Crippen molar-refractivity contribution in [1.82, 2.24) is 10.2 Å². The van der Waals surface area contributed by atoms with E-state index in [2.05, 4.69) is 10.2 Å². The summed E-state index contributed by atoms with van der Waals surface area (Å²) >= 11 is 0. The van der Waals surface area contributed by atoms with Gasteiger partial charge in [-0.15, -0.1) is 12.4 Å². The molecule has 1 heterocycles. The van der Waals surface area contributed by atoms with Crippen molar-refractivity contribution in [3.8, 4) is 0 Å². The summed E-state index contributed by atoms with van der Waals surface area (Å²) in [6.07, 6.45) is 10.7. The lowest BCUT2D eigenvalue weighted by atomic mass is 9.89. The Labute approximate surface area is 156 Å². The first-order valence-corrected chi connectivity index (χ1v) is 9.92. The number of primary amides is 1. The van der Waals surface area contributed by atoms with Crippen molar-refractivity contribution in [3.05, 3.63) is 0 Å². The monoisotopic (exact) mass is 369 g/mol. The van der Waals surface area contributed by atoms with E-state index >= 15 is 0 Å². The van der Waals surface area contributed by atoms with Crippen molar-refractivity contribution >= 4 is 24.2 Å². The number of amides is 2. The first-order chi connectivity index (χ1) is 11.6. The summed E-state index contributed by atoms with van der Waals surface area (Å²) in [5.41, 5.74) is 4.57. The number of rotatable bonds is 6. The Balaban J connectivity index is 0.00000182. The van der Waals surface area contributed by atoms with Gasteiger partial charge in [0.15, 0.2) is 0 Å². The fraction of sp³-hybridized carbons (Fsp3) is 0.895. The average Bonchev–Trinajstić information content (AvgIpc) is 3.47. The van der Waals surface area contributed by atoms with Gasteiger partial charge in [0.05, 0.1) is 0 Å². The second kappa shape index (κ2) is 7.43. The quantitative estimate of drug-likeness (QED) is 0.704. The first kappa shape index (κ1) is 19.0. The Kier molecular flexibility index (Phi) is 5.64. The normalized spacial score (nSPS) is 32.0. The summed E-state index contributed by atoms with van der Waals surface area (Å²) in [4.78, 5) is 26.8. The van der Waals surface area contributed by atoms with Gasteiger partial charge in [0, 0.05) is 25.7 Å². The lowest BCUT2D eigenvalue weighted by Gasteiger charge is -2.27. The number of halogens is 1. The van der Waals surface area contributed by atoms with Gasteiger partial charge in [-0.1, -0.05) is 19.3 Å². The van der Waals surface area contributed by atoms with Crippen molar-refractivity contribution in [1.29, 1.82) is 0 Å². The topological polar surface area (TPSA) is 75.4 Å². The number of nitrogens with two attached hydrogens (primary N) is 1. The van der Waals surface area contributed by atoms with Gasteiger partial charge in [-0.3, -0.25) is 9.59 Å². The second-order valence-electron chi connectivity index (χ2n) is 8.75. The maximum atomic E-state index is 12.6. The van der Waals surface area contributed by atoms with E-state index in [9.17, 15) is 9.59 Å². The van der Waals surface area contributed by atoms with Crippen molar-refractivity contribution in [2.24, 2.45) is 28.9 Å². The molecule has 0 radical (unpaired) electrons. The summed E-state index contributed by atoms with van der Waals surface area (Å²) in [5, 5.41) is 3.22. The highest BCUT2D eigenvalue weighted by Gasteiger charge is 2.56. The molecule has 1 saturated heterocycles. The highest BCUT2D eigenvalue weighted by atomic mass is 35.5. The van der Waals surface area contributed by atoms with Gasteiger partial charge in [-0.25, -0.2) is 0 Å².